The molecule has 0 aliphatic carbocycles. The van der Waals surface area contributed by atoms with Gasteiger partial charge in [-0.05, 0) is 20.3 Å². The molecule has 6 nitrogen and oxygen atoms in total. The van der Waals surface area contributed by atoms with Gasteiger partial charge in [-0.15, -0.1) is 0 Å². The first-order chi connectivity index (χ1) is 8.73. The van der Waals surface area contributed by atoms with Gasteiger partial charge < -0.3 is 16.0 Å². The number of nitrogens with one attached hydrogen (secondary N) is 3. The Bertz CT molecular complexity index is 327. The van der Waals surface area contributed by atoms with Gasteiger partial charge in [-0.1, -0.05) is 13.8 Å². The number of hydrogen-bond donors (Lipinski definition) is 3. The Morgan fingerprint density at radius 1 is 0.947 bits per heavy atom. The Kier molecular flexibility index (Phi) is 7.79. The second kappa shape index (κ2) is 8.50. The van der Waals surface area contributed by atoms with Crippen LogP contribution in [0.4, 0.5) is 0 Å². The van der Waals surface area contributed by atoms with Crippen LogP contribution in [0.5, 0.6) is 0 Å². The molecule has 0 radical (unpaired) electrons. The predicted octanol–water partition coefficient (Wildman–Crippen LogP) is 0.178. The predicted molar refractivity (Wildman–Crippen MR) is 73.3 cm³/mol. The average Bonchev–Trinajstić information content (AvgIpc) is 2.25. The molecule has 0 rings (SSSR count). The van der Waals surface area contributed by atoms with Crippen molar-refractivity contribution >= 4 is 17.7 Å². The minimum atomic E-state index is -0.618. The lowest BCUT2D eigenvalue weighted by Crippen LogP contribution is -2.49. The maximum Gasteiger partial charge on any atom is 0.242 e. The molecule has 1 atom stereocenters. The molecule has 3 amide bonds. The molecular formula is C13H25N3O3. The van der Waals surface area contributed by atoms with Gasteiger partial charge in [0.2, 0.25) is 17.7 Å². The first-order valence-electron chi connectivity index (χ1n) is 6.59. The Balaban J connectivity index is 4.32. The van der Waals surface area contributed by atoms with Gasteiger partial charge >= 0.3 is 0 Å². The number of rotatable bonds is 7. The molecule has 0 aliphatic rings. The smallest absolute Gasteiger partial charge is 0.242 e. The zero-order valence-corrected chi connectivity index (χ0v) is 12.4. The zero-order chi connectivity index (χ0) is 15.0. The lowest BCUT2D eigenvalue weighted by Gasteiger charge is -2.19. The molecule has 3 N–H and O–H groups in total. The first-order valence-corrected chi connectivity index (χ1v) is 6.59. The Morgan fingerprint density at radius 3 is 1.95 bits per heavy atom. The summed E-state index contributed by atoms with van der Waals surface area (Å²) in [5.74, 6) is -0.655. The Hall–Kier alpha value is -1.59. The lowest BCUT2D eigenvalue weighted by molar-refractivity contribution is -0.128. The first kappa shape index (κ1) is 17.4. The summed E-state index contributed by atoms with van der Waals surface area (Å²) in [5, 5.41) is 8.05. The van der Waals surface area contributed by atoms with Crippen molar-refractivity contribution < 1.29 is 14.4 Å². The highest BCUT2D eigenvalue weighted by molar-refractivity contribution is 5.87. The van der Waals surface area contributed by atoms with Crippen molar-refractivity contribution in [1.82, 2.24) is 16.0 Å². The third-order valence-electron chi connectivity index (χ3n) is 2.38. The normalized spacial score (nSPS) is 12.2. The summed E-state index contributed by atoms with van der Waals surface area (Å²) < 4.78 is 0. The second-order valence-corrected chi connectivity index (χ2v) is 5.15. The molecule has 6 heteroatoms. The van der Waals surface area contributed by atoms with E-state index in [0.717, 1.165) is 0 Å². The Labute approximate surface area is 114 Å². The van der Waals surface area contributed by atoms with Crippen LogP contribution >= 0.6 is 0 Å². The standard InChI is InChI=1S/C13H25N3O3/c1-8(2)12(18)14-7-6-11(16-10(5)17)13(19)15-9(3)4/h8-9,11H,6-7H2,1-5H3,(H,14,18)(H,15,19)(H,16,17)/t11-/m1/s1. The molecule has 0 unspecified atom stereocenters. The van der Waals surface area contributed by atoms with E-state index in [1.807, 2.05) is 13.8 Å². The van der Waals surface area contributed by atoms with Crippen molar-refractivity contribution in [3.63, 3.8) is 0 Å². The molecule has 0 aromatic carbocycles. The molecule has 0 fully saturated rings. The molecule has 19 heavy (non-hydrogen) atoms. The van der Waals surface area contributed by atoms with Crippen LogP contribution in [0.25, 0.3) is 0 Å². The maximum atomic E-state index is 11.9. The van der Waals surface area contributed by atoms with Gasteiger partial charge in [0.25, 0.3) is 0 Å². The monoisotopic (exact) mass is 271 g/mol. The fourth-order valence-corrected chi connectivity index (χ4v) is 1.44. The van der Waals surface area contributed by atoms with Crippen molar-refractivity contribution in [3.8, 4) is 0 Å². The topological polar surface area (TPSA) is 87.3 Å². The molecule has 0 saturated heterocycles. The molecule has 110 valence electrons. The molecule has 0 heterocycles. The lowest BCUT2D eigenvalue weighted by atomic mass is 10.1. The van der Waals surface area contributed by atoms with Gasteiger partial charge in [-0.3, -0.25) is 14.4 Å². The summed E-state index contributed by atoms with van der Waals surface area (Å²) in [6.07, 6.45) is 0.372. The van der Waals surface area contributed by atoms with E-state index in [1.165, 1.54) is 6.92 Å². The van der Waals surface area contributed by atoms with Gasteiger partial charge in [0, 0.05) is 25.4 Å². The fourth-order valence-electron chi connectivity index (χ4n) is 1.44. The van der Waals surface area contributed by atoms with Crippen LogP contribution in [0.2, 0.25) is 0 Å². The van der Waals surface area contributed by atoms with Crippen molar-refractivity contribution in [3.05, 3.63) is 0 Å². The minimum Gasteiger partial charge on any atom is -0.356 e. The van der Waals surface area contributed by atoms with Gasteiger partial charge in [-0.25, -0.2) is 0 Å². The van der Waals surface area contributed by atoms with Crippen molar-refractivity contribution in [2.75, 3.05) is 6.54 Å². The number of carbonyl (C=O) groups excluding carboxylic acids is 3. The molecule has 0 aromatic rings. The molecule has 0 aromatic heterocycles. The van der Waals surface area contributed by atoms with Gasteiger partial charge in [-0.2, -0.15) is 0 Å². The van der Waals surface area contributed by atoms with Gasteiger partial charge in [0.15, 0.2) is 0 Å². The number of amides is 3. The van der Waals surface area contributed by atoms with E-state index < -0.39 is 6.04 Å². The van der Waals surface area contributed by atoms with E-state index in [1.54, 1.807) is 13.8 Å². The third kappa shape index (κ3) is 8.18. The van der Waals surface area contributed by atoms with E-state index in [4.69, 9.17) is 0 Å². The summed E-state index contributed by atoms with van der Waals surface area (Å²) in [7, 11) is 0. The molecule has 0 bridgehead atoms. The summed E-state index contributed by atoms with van der Waals surface area (Å²) in [6.45, 7) is 9.01. The average molecular weight is 271 g/mol. The summed E-state index contributed by atoms with van der Waals surface area (Å²) in [5.41, 5.74) is 0. The van der Waals surface area contributed by atoms with Crippen LogP contribution < -0.4 is 16.0 Å². The third-order valence-corrected chi connectivity index (χ3v) is 2.38. The van der Waals surface area contributed by atoms with Crippen molar-refractivity contribution in [2.24, 2.45) is 5.92 Å². The summed E-state index contributed by atoms with van der Waals surface area (Å²) in [4.78, 5) is 34.3. The van der Waals surface area contributed by atoms with Crippen LogP contribution in [0.1, 0.15) is 41.0 Å². The van der Waals surface area contributed by atoms with Gasteiger partial charge in [0.05, 0.1) is 0 Å². The van der Waals surface area contributed by atoms with Crippen LogP contribution in [-0.2, 0) is 14.4 Å². The number of carbonyl (C=O) groups is 3. The van der Waals surface area contributed by atoms with Crippen LogP contribution in [-0.4, -0.2) is 36.3 Å². The quantitative estimate of drug-likeness (QED) is 0.617. The molecule has 0 saturated carbocycles. The van der Waals surface area contributed by atoms with Crippen LogP contribution in [0.3, 0.4) is 0 Å². The second-order valence-electron chi connectivity index (χ2n) is 5.15. The molecular weight excluding hydrogens is 246 g/mol. The van der Waals surface area contributed by atoms with Crippen molar-refractivity contribution in [1.29, 1.82) is 0 Å². The SMILES string of the molecule is CC(=O)N[C@H](CCNC(=O)C(C)C)C(=O)NC(C)C. The van der Waals surface area contributed by atoms with Crippen molar-refractivity contribution in [2.45, 2.75) is 53.1 Å². The highest BCUT2D eigenvalue weighted by atomic mass is 16.2. The molecule has 0 spiro atoms. The van der Waals surface area contributed by atoms with E-state index in [2.05, 4.69) is 16.0 Å². The van der Waals surface area contributed by atoms with Gasteiger partial charge in [0.1, 0.15) is 6.04 Å². The minimum absolute atomic E-state index is 0.00835. The largest absolute Gasteiger partial charge is 0.356 e. The number of hydrogen-bond acceptors (Lipinski definition) is 3. The maximum absolute atomic E-state index is 11.9. The fraction of sp³-hybridized carbons (Fsp3) is 0.769. The van der Waals surface area contributed by atoms with E-state index in [0.29, 0.717) is 13.0 Å². The Morgan fingerprint density at radius 2 is 1.53 bits per heavy atom. The van der Waals surface area contributed by atoms with E-state index >= 15 is 0 Å². The van der Waals surface area contributed by atoms with Crippen LogP contribution in [0, 0.1) is 5.92 Å². The van der Waals surface area contributed by atoms with E-state index in [9.17, 15) is 14.4 Å². The highest BCUT2D eigenvalue weighted by Gasteiger charge is 2.20. The zero-order valence-electron chi connectivity index (χ0n) is 12.4. The van der Waals surface area contributed by atoms with Crippen LogP contribution in [0.15, 0.2) is 0 Å². The highest BCUT2D eigenvalue weighted by Crippen LogP contribution is 1.95. The van der Waals surface area contributed by atoms with E-state index in [-0.39, 0.29) is 29.7 Å². The summed E-state index contributed by atoms with van der Waals surface area (Å²) >= 11 is 0. The molecule has 0 aliphatic heterocycles. The summed E-state index contributed by atoms with van der Waals surface area (Å²) in [6, 6.07) is -0.610.